The summed E-state index contributed by atoms with van der Waals surface area (Å²) in [5.74, 6) is -3.82. The number of anilines is 1. The van der Waals surface area contributed by atoms with Crippen molar-refractivity contribution in [3.63, 3.8) is 0 Å². The zero-order chi connectivity index (χ0) is 24.8. The van der Waals surface area contributed by atoms with Crippen LogP contribution in [-0.2, 0) is 19.1 Å². The minimum atomic E-state index is -1.26. The van der Waals surface area contributed by atoms with Gasteiger partial charge in [0.05, 0.1) is 41.3 Å². The van der Waals surface area contributed by atoms with Gasteiger partial charge in [-0.25, -0.2) is 0 Å². The summed E-state index contributed by atoms with van der Waals surface area (Å²) in [5, 5.41) is 20.5. The standard InChI is InChI=1S/C25H31ClN2O6/c1-4-11-27(17-8-6-5-7-16(17)26)23(31)21-25-10-9-18(34-25)19(24(32)33)20(25)22(30)28(21)15(13-29)12-14(2)3/h4-8,14-15,18-21,29H,1,9-13H2,2-3H3,(H,32,33)/t15-,18+,19-,20-,21+,25-/m1/s1. The van der Waals surface area contributed by atoms with Crippen LogP contribution in [0.1, 0.15) is 33.1 Å². The van der Waals surface area contributed by atoms with Crippen LogP contribution in [0.5, 0.6) is 0 Å². The van der Waals surface area contributed by atoms with Crippen LogP contribution < -0.4 is 4.90 Å². The van der Waals surface area contributed by atoms with E-state index in [0.29, 0.717) is 30.0 Å². The first-order valence-electron chi connectivity index (χ1n) is 11.7. The quantitative estimate of drug-likeness (QED) is 0.515. The lowest BCUT2D eigenvalue weighted by atomic mass is 9.70. The lowest BCUT2D eigenvalue weighted by Gasteiger charge is -2.39. The fourth-order valence-electron chi connectivity index (χ4n) is 6.12. The number of halogens is 1. The molecule has 1 spiro atoms. The van der Waals surface area contributed by atoms with E-state index < -0.39 is 53.4 Å². The highest BCUT2D eigenvalue weighted by Crippen LogP contribution is 2.59. The summed E-state index contributed by atoms with van der Waals surface area (Å²) in [6.07, 6.45) is 2.27. The first-order valence-corrected chi connectivity index (χ1v) is 12.1. The van der Waals surface area contributed by atoms with E-state index in [1.54, 1.807) is 30.3 Å². The van der Waals surface area contributed by atoms with Gasteiger partial charge in [0.25, 0.3) is 5.91 Å². The number of carbonyl (C=O) groups excluding carboxylic acids is 2. The maximum Gasteiger partial charge on any atom is 0.310 e. The van der Waals surface area contributed by atoms with Crippen molar-refractivity contribution < 1.29 is 29.3 Å². The number of carbonyl (C=O) groups is 3. The van der Waals surface area contributed by atoms with Gasteiger partial charge in [0.2, 0.25) is 5.91 Å². The first kappa shape index (κ1) is 24.7. The van der Waals surface area contributed by atoms with E-state index >= 15 is 0 Å². The number of carboxylic acids is 1. The third-order valence-corrected chi connectivity index (χ3v) is 7.65. The summed E-state index contributed by atoms with van der Waals surface area (Å²) < 4.78 is 6.25. The monoisotopic (exact) mass is 490 g/mol. The Labute approximate surface area is 204 Å². The number of hydrogen-bond donors (Lipinski definition) is 2. The summed E-state index contributed by atoms with van der Waals surface area (Å²) >= 11 is 6.42. The van der Waals surface area contributed by atoms with Gasteiger partial charge in [0.15, 0.2) is 0 Å². The Morgan fingerprint density at radius 2 is 2.09 bits per heavy atom. The number of fused-ring (bicyclic) bond motifs is 1. The summed E-state index contributed by atoms with van der Waals surface area (Å²) in [5.41, 5.74) is -0.791. The fourth-order valence-corrected chi connectivity index (χ4v) is 6.36. The zero-order valence-corrected chi connectivity index (χ0v) is 20.1. The first-order chi connectivity index (χ1) is 16.2. The third-order valence-electron chi connectivity index (χ3n) is 7.33. The molecule has 6 atom stereocenters. The number of aliphatic hydroxyl groups excluding tert-OH is 1. The van der Waals surface area contributed by atoms with Crippen LogP contribution in [0.4, 0.5) is 5.69 Å². The highest BCUT2D eigenvalue weighted by atomic mass is 35.5. The third kappa shape index (κ3) is 3.72. The number of benzene rings is 1. The van der Waals surface area contributed by atoms with Gasteiger partial charge in [0.1, 0.15) is 11.6 Å². The second kappa shape index (κ2) is 9.32. The van der Waals surface area contributed by atoms with Crippen molar-refractivity contribution in [2.45, 2.75) is 56.9 Å². The molecule has 3 fully saturated rings. The minimum absolute atomic E-state index is 0.138. The number of likely N-dealkylation sites (tertiary alicyclic amines) is 1. The van der Waals surface area contributed by atoms with Gasteiger partial charge in [-0.3, -0.25) is 14.4 Å². The number of aliphatic hydroxyl groups is 1. The number of aliphatic carboxylic acids is 1. The Hall–Kier alpha value is -2.42. The molecular weight excluding hydrogens is 460 g/mol. The van der Waals surface area contributed by atoms with Gasteiger partial charge in [-0.2, -0.15) is 0 Å². The van der Waals surface area contributed by atoms with Crippen molar-refractivity contribution in [3.05, 3.63) is 41.9 Å². The van der Waals surface area contributed by atoms with E-state index in [0.717, 1.165) is 0 Å². The normalized spacial score (nSPS) is 30.5. The van der Waals surface area contributed by atoms with Gasteiger partial charge in [-0.05, 0) is 37.3 Å². The van der Waals surface area contributed by atoms with E-state index in [1.807, 2.05) is 13.8 Å². The van der Waals surface area contributed by atoms with Crippen LogP contribution in [0.25, 0.3) is 0 Å². The molecule has 0 unspecified atom stereocenters. The van der Waals surface area contributed by atoms with Crippen LogP contribution in [0.3, 0.4) is 0 Å². The van der Waals surface area contributed by atoms with Crippen molar-refractivity contribution in [1.29, 1.82) is 0 Å². The second-order valence-electron chi connectivity index (χ2n) is 9.79. The molecule has 3 aliphatic heterocycles. The molecule has 0 aromatic heterocycles. The van der Waals surface area contributed by atoms with Crippen LogP contribution >= 0.6 is 11.6 Å². The number of ether oxygens (including phenoxy) is 1. The van der Waals surface area contributed by atoms with Crippen molar-refractivity contribution >= 4 is 35.1 Å². The van der Waals surface area contributed by atoms with Gasteiger partial charge >= 0.3 is 5.97 Å². The fraction of sp³-hybridized carbons (Fsp3) is 0.560. The van der Waals surface area contributed by atoms with Crippen LogP contribution in [0.15, 0.2) is 36.9 Å². The molecule has 1 aromatic carbocycles. The van der Waals surface area contributed by atoms with Crippen LogP contribution in [0.2, 0.25) is 5.02 Å². The lowest BCUT2D eigenvalue weighted by molar-refractivity contribution is -0.151. The molecule has 0 aliphatic carbocycles. The Bertz CT molecular complexity index is 999. The average Bonchev–Trinajstić information content (AvgIpc) is 3.43. The van der Waals surface area contributed by atoms with E-state index in [1.165, 1.54) is 9.80 Å². The summed E-state index contributed by atoms with van der Waals surface area (Å²) in [4.78, 5) is 43.1. The summed E-state index contributed by atoms with van der Waals surface area (Å²) in [7, 11) is 0. The Kier molecular flexibility index (Phi) is 6.77. The molecule has 3 heterocycles. The van der Waals surface area contributed by atoms with Crippen molar-refractivity contribution in [2.75, 3.05) is 18.1 Å². The van der Waals surface area contributed by atoms with E-state index in [-0.39, 0.29) is 19.1 Å². The molecule has 9 heteroatoms. The molecule has 3 saturated heterocycles. The topological polar surface area (TPSA) is 107 Å². The number of rotatable bonds is 9. The van der Waals surface area contributed by atoms with E-state index in [9.17, 15) is 24.6 Å². The molecule has 0 saturated carbocycles. The molecule has 34 heavy (non-hydrogen) atoms. The van der Waals surface area contributed by atoms with Crippen molar-refractivity contribution in [2.24, 2.45) is 17.8 Å². The van der Waals surface area contributed by atoms with Gasteiger partial charge in [-0.15, -0.1) is 6.58 Å². The lowest BCUT2D eigenvalue weighted by Crippen LogP contribution is -2.59. The smallest absolute Gasteiger partial charge is 0.310 e. The molecule has 8 nitrogen and oxygen atoms in total. The predicted octanol–water partition coefficient (Wildman–Crippen LogP) is 2.73. The maximum absolute atomic E-state index is 14.3. The zero-order valence-electron chi connectivity index (χ0n) is 19.4. The van der Waals surface area contributed by atoms with E-state index in [4.69, 9.17) is 16.3 Å². The predicted molar refractivity (Wildman–Crippen MR) is 126 cm³/mol. The summed E-state index contributed by atoms with van der Waals surface area (Å²) in [6, 6.07) is 5.18. The summed E-state index contributed by atoms with van der Waals surface area (Å²) in [6.45, 7) is 7.50. The van der Waals surface area contributed by atoms with Crippen molar-refractivity contribution in [1.82, 2.24) is 4.90 Å². The molecule has 4 rings (SSSR count). The number of carboxylic acid groups (broad SMARTS) is 1. The van der Waals surface area contributed by atoms with Crippen LogP contribution in [-0.4, -0.2) is 69.8 Å². The molecule has 3 aliphatic rings. The molecular formula is C25H31ClN2O6. The maximum atomic E-state index is 14.3. The Morgan fingerprint density at radius 1 is 1.38 bits per heavy atom. The average molecular weight is 491 g/mol. The van der Waals surface area contributed by atoms with Gasteiger partial charge in [-0.1, -0.05) is 43.7 Å². The SMILES string of the molecule is C=CCN(C(=O)[C@@H]1N([C@@H](CO)CC(C)C)C(=O)[C@H]2[C@H](C(=O)O)[C@@H]3CC[C@]12O3)c1ccccc1Cl. The number of hydrogen-bond acceptors (Lipinski definition) is 5. The van der Waals surface area contributed by atoms with Crippen molar-refractivity contribution in [3.8, 4) is 0 Å². The second-order valence-corrected chi connectivity index (χ2v) is 10.2. The van der Waals surface area contributed by atoms with Gasteiger partial charge in [0, 0.05) is 6.54 Å². The Balaban J connectivity index is 1.84. The molecule has 2 bridgehead atoms. The number of amides is 2. The minimum Gasteiger partial charge on any atom is -0.481 e. The molecule has 2 N–H and O–H groups in total. The number of nitrogens with zero attached hydrogens (tertiary/aromatic N) is 2. The van der Waals surface area contributed by atoms with Gasteiger partial charge < -0.3 is 24.7 Å². The molecule has 2 amide bonds. The Morgan fingerprint density at radius 3 is 2.68 bits per heavy atom. The van der Waals surface area contributed by atoms with Crippen LogP contribution in [0, 0.1) is 17.8 Å². The number of para-hydroxylation sites is 1. The highest BCUT2D eigenvalue weighted by Gasteiger charge is 2.75. The molecule has 1 aromatic rings. The van der Waals surface area contributed by atoms with E-state index in [2.05, 4.69) is 6.58 Å². The largest absolute Gasteiger partial charge is 0.481 e. The molecule has 0 radical (unpaired) electrons. The molecule has 184 valence electrons. The highest BCUT2D eigenvalue weighted by molar-refractivity contribution is 6.34.